The van der Waals surface area contributed by atoms with Crippen LogP contribution >= 0.6 is 0 Å². The van der Waals surface area contributed by atoms with Crippen LogP contribution in [0.3, 0.4) is 0 Å². The van der Waals surface area contributed by atoms with Gasteiger partial charge in [-0.2, -0.15) is 4.31 Å². The van der Waals surface area contributed by atoms with Crippen molar-refractivity contribution in [3.05, 3.63) is 54.1 Å². The average Bonchev–Trinajstić information content (AvgIpc) is 2.67. The first-order valence-electron chi connectivity index (χ1n) is 9.46. The first kappa shape index (κ1) is 21.9. The number of carbonyl (C=O) groups excluding carboxylic acids is 1. The number of hydrogen-bond donors (Lipinski definition) is 1. The normalized spacial score (nSPS) is 11.4. The van der Waals surface area contributed by atoms with Crippen LogP contribution in [0.2, 0.25) is 0 Å². The second-order valence-corrected chi connectivity index (χ2v) is 8.37. The highest BCUT2D eigenvalue weighted by atomic mass is 32.2. The van der Waals surface area contributed by atoms with Gasteiger partial charge in [-0.15, -0.1) is 0 Å². The molecule has 0 radical (unpaired) electrons. The monoisotopic (exact) mass is 404 g/mol. The van der Waals surface area contributed by atoms with Crippen molar-refractivity contribution in [2.75, 3.05) is 25.0 Å². The minimum Gasteiger partial charge on any atom is -0.494 e. The maximum atomic E-state index is 12.6. The third-order valence-corrected chi connectivity index (χ3v) is 6.34. The Morgan fingerprint density at radius 1 is 1.07 bits per heavy atom. The van der Waals surface area contributed by atoms with Gasteiger partial charge in [-0.25, -0.2) is 8.42 Å². The highest BCUT2D eigenvalue weighted by Crippen LogP contribution is 2.20. The number of hydrogen-bond acceptors (Lipinski definition) is 4. The summed E-state index contributed by atoms with van der Waals surface area (Å²) in [5.41, 5.74) is 1.63. The molecule has 1 N–H and O–H groups in total. The molecule has 1 amide bonds. The molecule has 0 unspecified atom stereocenters. The third kappa shape index (κ3) is 6.07. The average molecular weight is 405 g/mol. The summed E-state index contributed by atoms with van der Waals surface area (Å²) in [6, 6.07) is 14.1. The lowest BCUT2D eigenvalue weighted by Crippen LogP contribution is -2.30. The maximum Gasteiger partial charge on any atom is 0.243 e. The van der Waals surface area contributed by atoms with Crippen molar-refractivity contribution < 1.29 is 17.9 Å². The molecule has 0 heterocycles. The predicted octanol–water partition coefficient (Wildman–Crippen LogP) is 3.82. The zero-order valence-electron chi connectivity index (χ0n) is 16.6. The minimum atomic E-state index is -3.55. The molecule has 2 aromatic rings. The van der Waals surface area contributed by atoms with Gasteiger partial charge in [0.05, 0.1) is 11.5 Å². The second kappa shape index (κ2) is 10.2. The van der Waals surface area contributed by atoms with Crippen molar-refractivity contribution >= 4 is 21.6 Å². The van der Waals surface area contributed by atoms with Gasteiger partial charge in [-0.1, -0.05) is 37.6 Å². The van der Waals surface area contributed by atoms with Gasteiger partial charge in [0, 0.05) is 25.2 Å². The number of carbonyl (C=O) groups is 1. The van der Waals surface area contributed by atoms with Gasteiger partial charge in [0.1, 0.15) is 5.75 Å². The number of nitrogens with one attached hydrogen (secondary N) is 1. The molecular formula is C21H28N2O4S. The van der Waals surface area contributed by atoms with Crippen LogP contribution in [0.25, 0.3) is 0 Å². The molecule has 0 bridgehead atoms. The molecule has 0 saturated carbocycles. The topological polar surface area (TPSA) is 75.7 Å². The molecule has 0 spiro atoms. The Balaban J connectivity index is 1.87. The molecule has 28 heavy (non-hydrogen) atoms. The summed E-state index contributed by atoms with van der Waals surface area (Å²) < 4.78 is 32.2. The summed E-state index contributed by atoms with van der Waals surface area (Å²) in [4.78, 5) is 12.3. The van der Waals surface area contributed by atoms with Gasteiger partial charge in [0.15, 0.2) is 0 Å². The fraction of sp³-hybridized carbons (Fsp3) is 0.381. The number of ether oxygens (including phenoxy) is 1. The number of anilines is 1. The number of benzene rings is 2. The van der Waals surface area contributed by atoms with Crippen LogP contribution in [-0.4, -0.2) is 38.3 Å². The molecule has 6 nitrogen and oxygen atoms in total. The molecule has 0 aliphatic carbocycles. The lowest BCUT2D eigenvalue weighted by molar-refractivity contribution is -0.116. The van der Waals surface area contributed by atoms with E-state index >= 15 is 0 Å². The van der Waals surface area contributed by atoms with Crippen LogP contribution in [0.5, 0.6) is 5.75 Å². The first-order valence-corrected chi connectivity index (χ1v) is 10.9. The van der Waals surface area contributed by atoms with E-state index < -0.39 is 10.0 Å². The van der Waals surface area contributed by atoms with E-state index in [1.54, 1.807) is 32.0 Å². The van der Waals surface area contributed by atoms with E-state index in [9.17, 15) is 13.2 Å². The summed E-state index contributed by atoms with van der Waals surface area (Å²) in [5.74, 6) is 0.602. The van der Waals surface area contributed by atoms with E-state index in [1.165, 1.54) is 10.4 Å². The standard InChI is InChI=1S/C21H28N2O4S/c1-4-23(5-2)28(25,26)20-9-6-8-18(16-20)22-21(24)10-7-15-27-19-13-11-17(3)12-14-19/h6,8-9,11-14,16H,4-5,7,10,15H2,1-3H3,(H,22,24). The van der Waals surface area contributed by atoms with Crippen LogP contribution in [0.4, 0.5) is 5.69 Å². The number of nitrogens with zero attached hydrogens (tertiary/aromatic N) is 1. The molecule has 0 saturated heterocycles. The van der Waals surface area contributed by atoms with Gasteiger partial charge < -0.3 is 10.1 Å². The van der Waals surface area contributed by atoms with Gasteiger partial charge in [0.25, 0.3) is 0 Å². The van der Waals surface area contributed by atoms with E-state index in [0.717, 1.165) is 11.3 Å². The maximum absolute atomic E-state index is 12.6. The minimum absolute atomic E-state index is 0.176. The first-order chi connectivity index (χ1) is 13.4. The van der Waals surface area contributed by atoms with Gasteiger partial charge >= 0.3 is 0 Å². The fourth-order valence-corrected chi connectivity index (χ4v) is 4.23. The summed E-state index contributed by atoms with van der Waals surface area (Å²) >= 11 is 0. The Labute approximate surface area is 167 Å². The fourth-order valence-electron chi connectivity index (χ4n) is 2.73. The Morgan fingerprint density at radius 2 is 1.75 bits per heavy atom. The van der Waals surface area contributed by atoms with Crippen LogP contribution in [-0.2, 0) is 14.8 Å². The zero-order chi connectivity index (χ0) is 20.6. The van der Waals surface area contributed by atoms with Gasteiger partial charge in [0.2, 0.25) is 15.9 Å². The third-order valence-electron chi connectivity index (χ3n) is 4.30. The van der Waals surface area contributed by atoms with Crippen LogP contribution in [0.15, 0.2) is 53.4 Å². The van der Waals surface area contributed by atoms with Crippen molar-refractivity contribution in [1.82, 2.24) is 4.31 Å². The lowest BCUT2D eigenvalue weighted by atomic mass is 10.2. The Kier molecular flexibility index (Phi) is 8.02. The summed E-state index contributed by atoms with van der Waals surface area (Å²) in [7, 11) is -3.55. The molecule has 0 atom stereocenters. The summed E-state index contributed by atoms with van der Waals surface area (Å²) in [6.45, 7) is 6.84. The molecule has 2 rings (SSSR count). The van der Waals surface area contributed by atoms with E-state index in [4.69, 9.17) is 4.74 Å². The highest BCUT2D eigenvalue weighted by Gasteiger charge is 2.21. The number of sulfonamides is 1. The molecule has 0 aromatic heterocycles. The highest BCUT2D eigenvalue weighted by molar-refractivity contribution is 7.89. The van der Waals surface area contributed by atoms with Crippen molar-refractivity contribution in [3.63, 3.8) is 0 Å². The number of rotatable bonds is 10. The number of aryl methyl sites for hydroxylation is 1. The van der Waals surface area contributed by atoms with E-state index in [1.807, 2.05) is 31.2 Å². The van der Waals surface area contributed by atoms with Crippen LogP contribution in [0, 0.1) is 6.92 Å². The van der Waals surface area contributed by atoms with Gasteiger partial charge in [-0.05, 0) is 43.7 Å². The van der Waals surface area contributed by atoms with E-state index in [0.29, 0.717) is 38.2 Å². The van der Waals surface area contributed by atoms with E-state index in [-0.39, 0.29) is 10.8 Å². The molecule has 0 aliphatic rings. The molecule has 7 heteroatoms. The predicted molar refractivity (Wildman–Crippen MR) is 111 cm³/mol. The number of amides is 1. The molecule has 2 aromatic carbocycles. The lowest BCUT2D eigenvalue weighted by Gasteiger charge is -2.18. The van der Waals surface area contributed by atoms with E-state index in [2.05, 4.69) is 5.32 Å². The van der Waals surface area contributed by atoms with Crippen molar-refractivity contribution in [3.8, 4) is 5.75 Å². The zero-order valence-corrected chi connectivity index (χ0v) is 17.5. The largest absolute Gasteiger partial charge is 0.494 e. The smallest absolute Gasteiger partial charge is 0.243 e. The summed E-state index contributed by atoms with van der Waals surface area (Å²) in [6.07, 6.45) is 0.857. The summed E-state index contributed by atoms with van der Waals surface area (Å²) in [5, 5.41) is 2.76. The molecule has 0 fully saturated rings. The second-order valence-electron chi connectivity index (χ2n) is 6.43. The van der Waals surface area contributed by atoms with Gasteiger partial charge in [-0.3, -0.25) is 4.79 Å². The van der Waals surface area contributed by atoms with Crippen LogP contribution in [0.1, 0.15) is 32.3 Å². The van der Waals surface area contributed by atoms with Crippen molar-refractivity contribution in [1.29, 1.82) is 0 Å². The van der Waals surface area contributed by atoms with Crippen molar-refractivity contribution in [2.45, 2.75) is 38.5 Å². The Hall–Kier alpha value is -2.38. The van der Waals surface area contributed by atoms with Crippen LogP contribution < -0.4 is 10.1 Å². The molecule has 0 aliphatic heterocycles. The quantitative estimate of drug-likeness (QED) is 0.611. The molecular weight excluding hydrogens is 376 g/mol. The SMILES string of the molecule is CCN(CC)S(=O)(=O)c1cccc(NC(=O)CCCOc2ccc(C)cc2)c1. The molecule has 152 valence electrons. The Bertz CT molecular complexity index is 876. The van der Waals surface area contributed by atoms with Crippen molar-refractivity contribution in [2.24, 2.45) is 0 Å². The Morgan fingerprint density at radius 3 is 2.39 bits per heavy atom.